The second-order valence-electron chi connectivity index (χ2n) is 4.29. The molecule has 2 aromatic heterocycles. The SMILES string of the molecule is Cn1c(SCC(=O)N2CCOC2=O)nnc1-c1ccco1. The fraction of sp³-hybridized carbons (Fsp3) is 0.333. The van der Waals surface area contributed by atoms with E-state index in [4.69, 9.17) is 9.15 Å². The molecular formula is C12H12N4O4S. The van der Waals surface area contributed by atoms with E-state index in [1.54, 1.807) is 30.0 Å². The summed E-state index contributed by atoms with van der Waals surface area (Å²) in [4.78, 5) is 24.3. The van der Waals surface area contributed by atoms with Crippen LogP contribution in [0.1, 0.15) is 0 Å². The van der Waals surface area contributed by atoms with Gasteiger partial charge in [-0.05, 0) is 12.1 Å². The van der Waals surface area contributed by atoms with Crippen LogP contribution < -0.4 is 0 Å². The predicted molar refractivity (Wildman–Crippen MR) is 72.5 cm³/mol. The Labute approximate surface area is 124 Å². The summed E-state index contributed by atoms with van der Waals surface area (Å²) in [5, 5.41) is 8.62. The summed E-state index contributed by atoms with van der Waals surface area (Å²) in [6, 6.07) is 3.54. The van der Waals surface area contributed by atoms with Gasteiger partial charge in [-0.1, -0.05) is 11.8 Å². The zero-order valence-electron chi connectivity index (χ0n) is 11.2. The molecule has 3 rings (SSSR count). The summed E-state index contributed by atoms with van der Waals surface area (Å²) in [5.41, 5.74) is 0. The minimum atomic E-state index is -0.588. The molecule has 110 valence electrons. The number of hydrogen-bond donors (Lipinski definition) is 0. The fourth-order valence-electron chi connectivity index (χ4n) is 1.89. The van der Waals surface area contributed by atoms with Gasteiger partial charge in [0.05, 0.1) is 18.6 Å². The van der Waals surface area contributed by atoms with Crippen molar-refractivity contribution in [3.8, 4) is 11.6 Å². The molecule has 0 aliphatic carbocycles. The lowest BCUT2D eigenvalue weighted by molar-refractivity contribution is -0.125. The Bertz CT molecular complexity index is 667. The molecular weight excluding hydrogens is 296 g/mol. The van der Waals surface area contributed by atoms with Crippen LogP contribution in [0.5, 0.6) is 0 Å². The van der Waals surface area contributed by atoms with Gasteiger partial charge in [0.15, 0.2) is 16.7 Å². The van der Waals surface area contributed by atoms with Crippen LogP contribution >= 0.6 is 11.8 Å². The van der Waals surface area contributed by atoms with Crippen LogP contribution in [0.15, 0.2) is 28.0 Å². The molecule has 2 aromatic rings. The molecule has 0 aromatic carbocycles. The third-order valence-electron chi connectivity index (χ3n) is 2.96. The van der Waals surface area contributed by atoms with Gasteiger partial charge in [-0.3, -0.25) is 4.79 Å². The van der Waals surface area contributed by atoms with E-state index in [1.807, 2.05) is 0 Å². The van der Waals surface area contributed by atoms with Crippen LogP contribution in [0.4, 0.5) is 4.79 Å². The number of carbonyl (C=O) groups is 2. The quantitative estimate of drug-likeness (QED) is 0.782. The van der Waals surface area contributed by atoms with Crippen molar-refractivity contribution in [1.82, 2.24) is 19.7 Å². The van der Waals surface area contributed by atoms with Gasteiger partial charge < -0.3 is 13.7 Å². The van der Waals surface area contributed by atoms with Crippen LogP contribution in [0.25, 0.3) is 11.6 Å². The van der Waals surface area contributed by atoms with Crippen molar-refractivity contribution in [2.45, 2.75) is 5.16 Å². The molecule has 1 saturated heterocycles. The third-order valence-corrected chi connectivity index (χ3v) is 3.97. The highest BCUT2D eigenvalue weighted by Crippen LogP contribution is 2.23. The molecule has 0 bridgehead atoms. The molecule has 0 saturated carbocycles. The smallest absolute Gasteiger partial charge is 0.416 e. The number of carbonyl (C=O) groups excluding carboxylic acids is 2. The molecule has 2 amide bonds. The van der Waals surface area contributed by atoms with Gasteiger partial charge in [0, 0.05) is 7.05 Å². The largest absolute Gasteiger partial charge is 0.461 e. The van der Waals surface area contributed by atoms with Gasteiger partial charge in [0.25, 0.3) is 0 Å². The molecule has 9 heteroatoms. The second kappa shape index (κ2) is 5.60. The van der Waals surface area contributed by atoms with Gasteiger partial charge >= 0.3 is 6.09 Å². The molecule has 0 atom stereocenters. The Morgan fingerprint density at radius 3 is 3.00 bits per heavy atom. The number of furan rings is 1. The first kappa shape index (κ1) is 13.7. The lowest BCUT2D eigenvalue weighted by atomic mass is 10.4. The van der Waals surface area contributed by atoms with Crippen molar-refractivity contribution >= 4 is 23.8 Å². The average molecular weight is 308 g/mol. The Balaban J connectivity index is 1.66. The number of amides is 2. The topological polar surface area (TPSA) is 90.5 Å². The maximum atomic E-state index is 11.9. The minimum Gasteiger partial charge on any atom is -0.461 e. The van der Waals surface area contributed by atoms with Crippen molar-refractivity contribution < 1.29 is 18.7 Å². The molecule has 3 heterocycles. The zero-order valence-corrected chi connectivity index (χ0v) is 12.0. The number of aromatic nitrogens is 3. The monoisotopic (exact) mass is 308 g/mol. The van der Waals surface area contributed by atoms with Crippen molar-refractivity contribution in [1.29, 1.82) is 0 Å². The molecule has 0 spiro atoms. The van der Waals surface area contributed by atoms with E-state index in [0.29, 0.717) is 23.3 Å². The normalized spacial score (nSPS) is 14.5. The van der Waals surface area contributed by atoms with Crippen LogP contribution in [-0.2, 0) is 16.6 Å². The molecule has 8 nitrogen and oxygen atoms in total. The van der Waals surface area contributed by atoms with E-state index in [2.05, 4.69) is 10.2 Å². The molecule has 0 N–H and O–H groups in total. The van der Waals surface area contributed by atoms with E-state index < -0.39 is 6.09 Å². The number of ether oxygens (including phenoxy) is 1. The summed E-state index contributed by atoms with van der Waals surface area (Å²) in [5.74, 6) is 0.978. The summed E-state index contributed by atoms with van der Waals surface area (Å²) in [6.07, 6.45) is 0.967. The van der Waals surface area contributed by atoms with Crippen LogP contribution in [0, 0.1) is 0 Å². The van der Waals surface area contributed by atoms with Crippen molar-refractivity contribution in [3.63, 3.8) is 0 Å². The number of cyclic esters (lactones) is 1. The van der Waals surface area contributed by atoms with Crippen LogP contribution in [-0.4, -0.2) is 50.6 Å². The average Bonchev–Trinajstić information content (AvgIpc) is 3.17. The number of rotatable bonds is 4. The summed E-state index contributed by atoms with van der Waals surface area (Å²) < 4.78 is 11.7. The Hall–Kier alpha value is -2.29. The van der Waals surface area contributed by atoms with Crippen molar-refractivity contribution in [2.75, 3.05) is 18.9 Å². The molecule has 0 unspecified atom stereocenters. The lowest BCUT2D eigenvalue weighted by Crippen LogP contribution is -2.33. The van der Waals surface area contributed by atoms with E-state index in [1.165, 1.54) is 11.8 Å². The summed E-state index contributed by atoms with van der Waals surface area (Å²) >= 11 is 1.21. The van der Waals surface area contributed by atoms with Gasteiger partial charge in [-0.15, -0.1) is 10.2 Å². The molecule has 1 aliphatic heterocycles. The van der Waals surface area contributed by atoms with Gasteiger partial charge in [-0.25, -0.2) is 9.69 Å². The van der Waals surface area contributed by atoms with E-state index in [-0.39, 0.29) is 18.3 Å². The first-order valence-electron chi connectivity index (χ1n) is 6.20. The second-order valence-corrected chi connectivity index (χ2v) is 5.23. The van der Waals surface area contributed by atoms with Gasteiger partial charge in [0.1, 0.15) is 6.61 Å². The highest BCUT2D eigenvalue weighted by molar-refractivity contribution is 7.99. The third kappa shape index (κ3) is 2.64. The summed E-state index contributed by atoms with van der Waals surface area (Å²) in [7, 11) is 1.79. The highest BCUT2D eigenvalue weighted by atomic mass is 32.2. The van der Waals surface area contributed by atoms with Crippen molar-refractivity contribution in [2.24, 2.45) is 7.05 Å². The minimum absolute atomic E-state index is 0.0965. The maximum absolute atomic E-state index is 11.9. The number of thioether (sulfide) groups is 1. The molecule has 0 radical (unpaired) electrons. The first-order valence-corrected chi connectivity index (χ1v) is 7.18. The number of hydrogen-bond acceptors (Lipinski definition) is 7. The fourth-order valence-corrected chi connectivity index (χ4v) is 2.67. The first-order chi connectivity index (χ1) is 10.2. The lowest BCUT2D eigenvalue weighted by Gasteiger charge is -2.09. The zero-order chi connectivity index (χ0) is 14.8. The van der Waals surface area contributed by atoms with Gasteiger partial charge in [-0.2, -0.15) is 0 Å². The maximum Gasteiger partial charge on any atom is 0.416 e. The van der Waals surface area contributed by atoms with E-state index >= 15 is 0 Å². The molecule has 1 fully saturated rings. The number of nitrogens with zero attached hydrogens (tertiary/aromatic N) is 4. The van der Waals surface area contributed by atoms with Crippen LogP contribution in [0.3, 0.4) is 0 Å². The summed E-state index contributed by atoms with van der Waals surface area (Å²) in [6.45, 7) is 0.552. The Morgan fingerprint density at radius 1 is 1.48 bits per heavy atom. The Morgan fingerprint density at radius 2 is 2.33 bits per heavy atom. The van der Waals surface area contributed by atoms with Crippen molar-refractivity contribution in [3.05, 3.63) is 18.4 Å². The van der Waals surface area contributed by atoms with Gasteiger partial charge in [0.2, 0.25) is 5.91 Å². The Kier molecular flexibility index (Phi) is 3.65. The predicted octanol–water partition coefficient (Wildman–Crippen LogP) is 1.15. The highest BCUT2D eigenvalue weighted by Gasteiger charge is 2.28. The van der Waals surface area contributed by atoms with E-state index in [9.17, 15) is 9.59 Å². The van der Waals surface area contributed by atoms with E-state index in [0.717, 1.165) is 4.90 Å². The van der Waals surface area contributed by atoms with Crippen LogP contribution in [0.2, 0.25) is 0 Å². The standard InChI is InChI=1S/C12H12N4O4S/c1-15-10(8-3-2-5-19-8)13-14-11(15)21-7-9(17)16-4-6-20-12(16)18/h2-3,5H,4,6-7H2,1H3. The molecule has 21 heavy (non-hydrogen) atoms. The number of imide groups is 1. The molecule has 1 aliphatic rings.